The van der Waals surface area contributed by atoms with Crippen molar-refractivity contribution in [1.29, 1.82) is 0 Å². The zero-order valence-electron chi connectivity index (χ0n) is 9.12. The van der Waals surface area contributed by atoms with E-state index in [1.54, 1.807) is 6.92 Å². The van der Waals surface area contributed by atoms with Crippen LogP contribution in [0.15, 0.2) is 0 Å². The predicted octanol–water partition coefficient (Wildman–Crippen LogP) is -1.15. The molecule has 1 amide bonds. The van der Waals surface area contributed by atoms with Crippen molar-refractivity contribution < 1.29 is 15.0 Å². The highest BCUT2D eigenvalue weighted by Crippen LogP contribution is 2.27. The third-order valence-corrected chi connectivity index (χ3v) is 2.55. The largest absolute Gasteiger partial charge is 0.394 e. The minimum atomic E-state index is -0.918. The second-order valence-corrected chi connectivity index (χ2v) is 4.50. The number of hydrogen-bond acceptors (Lipinski definition) is 4. The topological polar surface area (TPSA) is 81.6 Å². The summed E-state index contributed by atoms with van der Waals surface area (Å²) in [4.78, 5) is 11.4. The van der Waals surface area contributed by atoms with Crippen LogP contribution in [-0.4, -0.2) is 48.0 Å². The molecule has 1 fully saturated rings. The molecule has 88 valence electrons. The van der Waals surface area contributed by atoms with Crippen molar-refractivity contribution in [3.63, 3.8) is 0 Å². The van der Waals surface area contributed by atoms with Gasteiger partial charge in [-0.25, -0.2) is 0 Å². The number of rotatable bonds is 7. The summed E-state index contributed by atoms with van der Waals surface area (Å²) in [5.74, 6) is 0.543. The van der Waals surface area contributed by atoms with Gasteiger partial charge in [0.05, 0.1) is 25.3 Å². The van der Waals surface area contributed by atoms with Gasteiger partial charge >= 0.3 is 0 Å². The Morgan fingerprint density at radius 2 is 2.00 bits per heavy atom. The Hall–Kier alpha value is -0.650. The second kappa shape index (κ2) is 5.44. The van der Waals surface area contributed by atoms with Crippen LogP contribution >= 0.6 is 0 Å². The Morgan fingerprint density at radius 1 is 1.40 bits per heavy atom. The van der Waals surface area contributed by atoms with Crippen molar-refractivity contribution in [3.8, 4) is 0 Å². The smallest absolute Gasteiger partial charge is 0.234 e. The molecular weight excluding hydrogens is 196 g/mol. The standard InChI is InChI=1S/C10H20N2O3/c1-10(6-13,7-14)12-9(15)5-11-4-8-2-3-8/h8,11,13-14H,2-7H2,1H3,(H,12,15). The molecule has 15 heavy (non-hydrogen) atoms. The van der Waals surface area contributed by atoms with Gasteiger partial charge in [0, 0.05) is 0 Å². The molecule has 0 aromatic rings. The maximum Gasteiger partial charge on any atom is 0.234 e. The third kappa shape index (κ3) is 4.59. The van der Waals surface area contributed by atoms with Gasteiger partial charge < -0.3 is 20.8 Å². The lowest BCUT2D eigenvalue weighted by atomic mass is 10.1. The van der Waals surface area contributed by atoms with Crippen LogP contribution in [-0.2, 0) is 4.79 Å². The summed E-state index contributed by atoms with van der Waals surface area (Å²) in [5.41, 5.74) is -0.918. The van der Waals surface area contributed by atoms with Crippen molar-refractivity contribution in [3.05, 3.63) is 0 Å². The van der Waals surface area contributed by atoms with E-state index >= 15 is 0 Å². The zero-order chi connectivity index (χ0) is 11.3. The Labute approximate surface area is 89.9 Å². The van der Waals surface area contributed by atoms with E-state index in [1.807, 2.05) is 0 Å². The Kier molecular flexibility index (Phi) is 4.50. The van der Waals surface area contributed by atoms with E-state index in [0.717, 1.165) is 12.5 Å². The molecule has 5 nitrogen and oxygen atoms in total. The molecule has 1 saturated carbocycles. The number of aliphatic hydroxyl groups is 2. The van der Waals surface area contributed by atoms with Crippen molar-refractivity contribution >= 4 is 5.91 Å². The summed E-state index contributed by atoms with van der Waals surface area (Å²) in [6.07, 6.45) is 2.50. The van der Waals surface area contributed by atoms with Gasteiger partial charge in [0.25, 0.3) is 0 Å². The predicted molar refractivity (Wildman–Crippen MR) is 56.3 cm³/mol. The molecule has 0 aliphatic heterocycles. The summed E-state index contributed by atoms with van der Waals surface area (Å²) >= 11 is 0. The van der Waals surface area contributed by atoms with E-state index in [2.05, 4.69) is 10.6 Å². The van der Waals surface area contributed by atoms with Crippen molar-refractivity contribution in [2.24, 2.45) is 5.92 Å². The number of amides is 1. The van der Waals surface area contributed by atoms with Crippen LogP contribution < -0.4 is 10.6 Å². The first kappa shape index (κ1) is 12.4. The number of aliphatic hydroxyl groups excluding tert-OH is 2. The highest BCUT2D eigenvalue weighted by molar-refractivity contribution is 5.78. The molecule has 1 rings (SSSR count). The molecule has 0 saturated heterocycles. The number of carbonyl (C=O) groups is 1. The van der Waals surface area contributed by atoms with Gasteiger partial charge in [-0.15, -0.1) is 0 Å². The third-order valence-electron chi connectivity index (χ3n) is 2.55. The molecule has 0 bridgehead atoms. The van der Waals surface area contributed by atoms with Crippen LogP contribution in [0.5, 0.6) is 0 Å². The molecule has 4 N–H and O–H groups in total. The van der Waals surface area contributed by atoms with Crippen LogP contribution in [0.25, 0.3) is 0 Å². The molecular formula is C10H20N2O3. The van der Waals surface area contributed by atoms with Gasteiger partial charge in [0.1, 0.15) is 0 Å². The van der Waals surface area contributed by atoms with Gasteiger partial charge in [-0.2, -0.15) is 0 Å². The average Bonchev–Trinajstić information content (AvgIpc) is 3.01. The average molecular weight is 216 g/mol. The lowest BCUT2D eigenvalue weighted by Gasteiger charge is -2.26. The minimum absolute atomic E-state index is 0.193. The molecule has 1 aliphatic carbocycles. The summed E-state index contributed by atoms with van der Waals surface area (Å²) in [7, 11) is 0. The van der Waals surface area contributed by atoms with Gasteiger partial charge in [0.15, 0.2) is 0 Å². The number of hydrogen-bond donors (Lipinski definition) is 4. The van der Waals surface area contributed by atoms with Crippen LogP contribution in [0.4, 0.5) is 0 Å². The first-order chi connectivity index (χ1) is 7.09. The Balaban J connectivity index is 2.15. The van der Waals surface area contributed by atoms with Gasteiger partial charge in [-0.05, 0) is 32.2 Å². The Bertz CT molecular complexity index is 213. The SMILES string of the molecule is CC(CO)(CO)NC(=O)CNCC1CC1. The van der Waals surface area contributed by atoms with Crippen LogP contribution in [0.1, 0.15) is 19.8 Å². The Morgan fingerprint density at radius 3 is 2.47 bits per heavy atom. The van der Waals surface area contributed by atoms with Crippen molar-refractivity contribution in [2.75, 3.05) is 26.3 Å². The molecule has 0 spiro atoms. The molecule has 0 aromatic carbocycles. The fourth-order valence-corrected chi connectivity index (χ4v) is 1.22. The first-order valence-corrected chi connectivity index (χ1v) is 5.33. The maximum absolute atomic E-state index is 11.4. The highest BCUT2D eigenvalue weighted by atomic mass is 16.3. The van der Waals surface area contributed by atoms with Crippen LogP contribution in [0, 0.1) is 5.92 Å². The first-order valence-electron chi connectivity index (χ1n) is 5.33. The molecule has 0 unspecified atom stereocenters. The lowest BCUT2D eigenvalue weighted by Crippen LogP contribution is -2.53. The van der Waals surface area contributed by atoms with Crippen molar-refractivity contribution in [2.45, 2.75) is 25.3 Å². The number of nitrogens with one attached hydrogen (secondary N) is 2. The fourth-order valence-electron chi connectivity index (χ4n) is 1.22. The summed E-state index contributed by atoms with van der Waals surface area (Å²) < 4.78 is 0. The highest BCUT2D eigenvalue weighted by Gasteiger charge is 2.25. The van der Waals surface area contributed by atoms with Crippen LogP contribution in [0.3, 0.4) is 0 Å². The quantitative estimate of drug-likeness (QED) is 0.433. The molecule has 0 heterocycles. The summed E-state index contributed by atoms with van der Waals surface area (Å²) in [6, 6.07) is 0. The van der Waals surface area contributed by atoms with E-state index in [-0.39, 0.29) is 25.7 Å². The van der Waals surface area contributed by atoms with Crippen molar-refractivity contribution in [1.82, 2.24) is 10.6 Å². The maximum atomic E-state index is 11.4. The zero-order valence-corrected chi connectivity index (χ0v) is 9.12. The monoisotopic (exact) mass is 216 g/mol. The lowest BCUT2D eigenvalue weighted by molar-refractivity contribution is -0.123. The van der Waals surface area contributed by atoms with Gasteiger partial charge in [-0.1, -0.05) is 0 Å². The minimum Gasteiger partial charge on any atom is -0.394 e. The van der Waals surface area contributed by atoms with E-state index in [9.17, 15) is 4.79 Å². The van der Waals surface area contributed by atoms with Crippen LogP contribution in [0.2, 0.25) is 0 Å². The molecule has 0 aromatic heterocycles. The van der Waals surface area contributed by atoms with Gasteiger partial charge in [0.2, 0.25) is 5.91 Å². The normalized spacial score (nSPS) is 16.5. The van der Waals surface area contributed by atoms with E-state index in [4.69, 9.17) is 10.2 Å². The van der Waals surface area contributed by atoms with E-state index < -0.39 is 5.54 Å². The molecule has 1 aliphatic rings. The fraction of sp³-hybridized carbons (Fsp3) is 0.900. The summed E-state index contributed by atoms with van der Waals surface area (Å²) in [6.45, 7) is 2.19. The van der Waals surface area contributed by atoms with Gasteiger partial charge in [-0.3, -0.25) is 4.79 Å². The summed E-state index contributed by atoms with van der Waals surface area (Å²) in [5, 5.41) is 23.6. The van der Waals surface area contributed by atoms with E-state index in [0.29, 0.717) is 0 Å². The molecule has 5 heteroatoms. The number of carbonyl (C=O) groups excluding carboxylic acids is 1. The van der Waals surface area contributed by atoms with E-state index in [1.165, 1.54) is 12.8 Å². The molecule has 0 atom stereocenters. The molecule has 0 radical (unpaired) electrons. The second-order valence-electron chi connectivity index (χ2n) is 4.50.